The number of carbonyl (C=O) groups is 1. The Labute approximate surface area is 149 Å². The topological polar surface area (TPSA) is 67.3 Å². The molecule has 1 N–H and O–H groups in total. The zero-order valence-corrected chi connectivity index (χ0v) is 15.0. The third kappa shape index (κ3) is 4.94. The number of aromatic nitrogens is 2. The Kier molecular flexibility index (Phi) is 6.25. The molecule has 0 spiro atoms. The van der Waals surface area contributed by atoms with Crippen LogP contribution in [-0.2, 0) is 4.79 Å². The summed E-state index contributed by atoms with van der Waals surface area (Å²) in [6.07, 6.45) is 10.1. The summed E-state index contributed by atoms with van der Waals surface area (Å²) in [5, 5.41) is 11.3. The summed E-state index contributed by atoms with van der Waals surface area (Å²) in [5.74, 6) is 1.69. The molecule has 0 atom stereocenters. The van der Waals surface area contributed by atoms with Crippen LogP contribution in [0, 0.1) is 5.92 Å². The van der Waals surface area contributed by atoms with Gasteiger partial charge in [0.05, 0.1) is 7.11 Å². The molecule has 1 aromatic heterocycles. The summed E-state index contributed by atoms with van der Waals surface area (Å²) in [6, 6.07) is 3.74. The first-order chi connectivity index (χ1) is 12.3. The van der Waals surface area contributed by atoms with Gasteiger partial charge in [0, 0.05) is 31.6 Å². The Morgan fingerprint density at radius 1 is 1.28 bits per heavy atom. The second kappa shape index (κ2) is 8.83. The first-order valence-corrected chi connectivity index (χ1v) is 9.34. The van der Waals surface area contributed by atoms with E-state index in [-0.39, 0.29) is 11.8 Å². The molecule has 1 aromatic rings. The van der Waals surface area contributed by atoms with Crippen molar-refractivity contribution in [3.05, 3.63) is 23.8 Å². The number of anilines is 1. The van der Waals surface area contributed by atoms with Gasteiger partial charge in [0.15, 0.2) is 5.82 Å². The minimum absolute atomic E-state index is 0.114. The van der Waals surface area contributed by atoms with Crippen LogP contribution in [0.25, 0.3) is 0 Å². The number of nitrogens with zero attached hydrogens (tertiary/aromatic N) is 3. The van der Waals surface area contributed by atoms with Crippen LogP contribution in [0.1, 0.15) is 44.9 Å². The second-order valence-corrected chi connectivity index (χ2v) is 6.84. The molecular weight excluding hydrogens is 316 g/mol. The van der Waals surface area contributed by atoms with Crippen molar-refractivity contribution in [1.29, 1.82) is 0 Å². The maximum absolute atomic E-state index is 12.4. The molecule has 1 amide bonds. The van der Waals surface area contributed by atoms with Gasteiger partial charge in [-0.3, -0.25) is 4.79 Å². The number of piperidine rings is 1. The zero-order valence-electron chi connectivity index (χ0n) is 15.0. The number of amides is 1. The Morgan fingerprint density at radius 2 is 2.12 bits per heavy atom. The lowest BCUT2D eigenvalue weighted by molar-refractivity contribution is -0.125. The van der Waals surface area contributed by atoms with Crippen LogP contribution >= 0.6 is 0 Å². The molecule has 1 aliphatic heterocycles. The second-order valence-electron chi connectivity index (χ2n) is 6.84. The highest BCUT2D eigenvalue weighted by molar-refractivity contribution is 5.79. The molecule has 0 bridgehead atoms. The standard InChI is InChI=1S/C19H28N4O2/c1-25-18-8-7-17(21-22-18)23-13-10-16(11-14-23)19(24)20-12-9-15-5-3-2-4-6-15/h5,7-8,16H,2-4,6,9-14H2,1H3,(H,20,24). The number of hydrogen-bond acceptors (Lipinski definition) is 5. The summed E-state index contributed by atoms with van der Waals surface area (Å²) < 4.78 is 5.04. The van der Waals surface area contributed by atoms with E-state index in [1.807, 2.05) is 12.1 Å². The van der Waals surface area contributed by atoms with Crippen LogP contribution in [0.4, 0.5) is 5.82 Å². The van der Waals surface area contributed by atoms with Crippen molar-refractivity contribution in [2.75, 3.05) is 31.6 Å². The minimum Gasteiger partial charge on any atom is -0.480 e. The summed E-state index contributed by atoms with van der Waals surface area (Å²) >= 11 is 0. The van der Waals surface area contributed by atoms with Crippen molar-refractivity contribution in [3.8, 4) is 5.88 Å². The maximum Gasteiger partial charge on any atom is 0.233 e. The molecule has 136 valence electrons. The van der Waals surface area contributed by atoms with E-state index >= 15 is 0 Å². The van der Waals surface area contributed by atoms with E-state index in [9.17, 15) is 4.79 Å². The van der Waals surface area contributed by atoms with Crippen molar-refractivity contribution in [2.24, 2.45) is 5.92 Å². The fraction of sp³-hybridized carbons (Fsp3) is 0.632. The highest BCUT2D eigenvalue weighted by Gasteiger charge is 2.25. The average Bonchev–Trinajstić information content (AvgIpc) is 2.69. The van der Waals surface area contributed by atoms with E-state index in [2.05, 4.69) is 26.5 Å². The molecule has 2 heterocycles. The minimum atomic E-state index is 0.114. The van der Waals surface area contributed by atoms with Gasteiger partial charge in [-0.05, 0) is 51.0 Å². The molecule has 6 heteroatoms. The molecule has 0 aromatic carbocycles. The third-order valence-electron chi connectivity index (χ3n) is 5.16. The zero-order chi connectivity index (χ0) is 17.5. The van der Waals surface area contributed by atoms with Gasteiger partial charge in [-0.15, -0.1) is 10.2 Å². The smallest absolute Gasteiger partial charge is 0.233 e. The lowest BCUT2D eigenvalue weighted by Gasteiger charge is -2.31. The highest BCUT2D eigenvalue weighted by atomic mass is 16.5. The van der Waals surface area contributed by atoms with E-state index in [1.54, 1.807) is 7.11 Å². The number of ether oxygens (including phenoxy) is 1. The van der Waals surface area contributed by atoms with Crippen molar-refractivity contribution in [1.82, 2.24) is 15.5 Å². The van der Waals surface area contributed by atoms with Crippen LogP contribution in [-0.4, -0.2) is 42.8 Å². The van der Waals surface area contributed by atoms with Crippen LogP contribution < -0.4 is 15.0 Å². The van der Waals surface area contributed by atoms with Crippen LogP contribution in [0.3, 0.4) is 0 Å². The van der Waals surface area contributed by atoms with Crippen LogP contribution in [0.2, 0.25) is 0 Å². The average molecular weight is 344 g/mol. The normalized spacial score (nSPS) is 18.6. The van der Waals surface area contributed by atoms with Gasteiger partial charge in [0.1, 0.15) is 0 Å². The van der Waals surface area contributed by atoms with E-state index in [0.717, 1.165) is 44.7 Å². The van der Waals surface area contributed by atoms with Gasteiger partial charge < -0.3 is 15.0 Å². The number of hydrogen-bond donors (Lipinski definition) is 1. The molecule has 3 rings (SSSR count). The fourth-order valence-corrected chi connectivity index (χ4v) is 3.58. The summed E-state index contributed by atoms with van der Waals surface area (Å²) in [7, 11) is 1.58. The van der Waals surface area contributed by atoms with Gasteiger partial charge in [0.25, 0.3) is 0 Å². The number of allylic oxidation sites excluding steroid dienone is 1. The van der Waals surface area contributed by atoms with Crippen LogP contribution in [0.5, 0.6) is 5.88 Å². The summed E-state index contributed by atoms with van der Waals surface area (Å²) in [6.45, 7) is 2.45. The highest BCUT2D eigenvalue weighted by Crippen LogP contribution is 2.23. The van der Waals surface area contributed by atoms with Gasteiger partial charge in [-0.1, -0.05) is 11.6 Å². The molecule has 2 aliphatic rings. The molecule has 25 heavy (non-hydrogen) atoms. The number of rotatable bonds is 6. The quantitative estimate of drug-likeness (QED) is 0.804. The first kappa shape index (κ1) is 17.7. The number of methoxy groups -OCH3 is 1. The molecule has 1 fully saturated rings. The molecule has 0 radical (unpaired) electrons. The van der Waals surface area contributed by atoms with Gasteiger partial charge in [-0.2, -0.15) is 0 Å². The largest absolute Gasteiger partial charge is 0.480 e. The summed E-state index contributed by atoms with van der Waals surface area (Å²) in [5.41, 5.74) is 1.51. The Morgan fingerprint density at radius 3 is 2.76 bits per heavy atom. The molecular formula is C19H28N4O2. The Hall–Kier alpha value is -2.11. The predicted octanol–water partition coefficient (Wildman–Crippen LogP) is 2.71. The van der Waals surface area contributed by atoms with E-state index in [1.165, 1.54) is 31.3 Å². The maximum atomic E-state index is 12.4. The van der Waals surface area contributed by atoms with Crippen molar-refractivity contribution >= 4 is 11.7 Å². The fourth-order valence-electron chi connectivity index (χ4n) is 3.58. The van der Waals surface area contributed by atoms with E-state index in [0.29, 0.717) is 5.88 Å². The van der Waals surface area contributed by atoms with Crippen molar-refractivity contribution < 1.29 is 9.53 Å². The van der Waals surface area contributed by atoms with Crippen LogP contribution in [0.15, 0.2) is 23.8 Å². The molecule has 1 saturated heterocycles. The SMILES string of the molecule is COc1ccc(N2CCC(C(=O)NCCC3=CCCCC3)CC2)nn1. The van der Waals surface area contributed by atoms with Crippen molar-refractivity contribution in [3.63, 3.8) is 0 Å². The van der Waals surface area contributed by atoms with E-state index < -0.39 is 0 Å². The third-order valence-corrected chi connectivity index (χ3v) is 5.16. The summed E-state index contributed by atoms with van der Waals surface area (Å²) in [4.78, 5) is 14.6. The predicted molar refractivity (Wildman–Crippen MR) is 97.7 cm³/mol. The van der Waals surface area contributed by atoms with Crippen molar-refractivity contribution in [2.45, 2.75) is 44.9 Å². The first-order valence-electron chi connectivity index (χ1n) is 9.34. The van der Waals surface area contributed by atoms with Gasteiger partial charge >= 0.3 is 0 Å². The van der Waals surface area contributed by atoms with E-state index in [4.69, 9.17) is 4.74 Å². The molecule has 6 nitrogen and oxygen atoms in total. The molecule has 0 unspecified atom stereocenters. The lowest BCUT2D eigenvalue weighted by atomic mass is 9.95. The number of nitrogens with one attached hydrogen (secondary N) is 1. The Bertz CT molecular complexity index is 592. The Balaban J connectivity index is 1.40. The van der Waals surface area contributed by atoms with Gasteiger partial charge in [-0.25, -0.2) is 0 Å². The molecule has 1 aliphatic carbocycles. The monoisotopic (exact) mass is 344 g/mol. The number of carbonyl (C=O) groups excluding carboxylic acids is 1. The molecule has 0 saturated carbocycles. The lowest BCUT2D eigenvalue weighted by Crippen LogP contribution is -2.41. The van der Waals surface area contributed by atoms with Gasteiger partial charge in [0.2, 0.25) is 11.8 Å².